The van der Waals surface area contributed by atoms with E-state index in [1.165, 1.54) is 19.3 Å². The predicted octanol–water partition coefficient (Wildman–Crippen LogP) is 10.3. The molecule has 2 heterocycles. The van der Waals surface area contributed by atoms with Crippen LogP contribution in [-0.4, -0.2) is 140 Å². The van der Waals surface area contributed by atoms with Crippen molar-refractivity contribution in [1.29, 1.82) is 0 Å². The summed E-state index contributed by atoms with van der Waals surface area (Å²) >= 11 is 0. The van der Waals surface area contributed by atoms with Gasteiger partial charge in [0.05, 0.1) is 36.6 Å². The molecule has 16 bridgehead atoms. The lowest BCUT2D eigenvalue weighted by atomic mass is 9.48. The molecule has 17 nitrogen and oxygen atoms in total. The largest absolute Gasteiger partial charge is 0.461 e. The van der Waals surface area contributed by atoms with E-state index in [9.17, 15) is 91.0 Å². The minimum Gasteiger partial charge on any atom is -0.461 e. The Kier molecular flexibility index (Phi) is 17.6. The van der Waals surface area contributed by atoms with Crippen LogP contribution in [0.2, 0.25) is 0 Å². The Hall–Kier alpha value is -4.34. The first-order valence-electron chi connectivity index (χ1n) is 32.1. The number of Topliss-reactive ketones (excluding diaryl/α,β-unsaturated/α-hetero) is 1. The van der Waals surface area contributed by atoms with Crippen molar-refractivity contribution in [3.63, 3.8) is 0 Å². The second kappa shape index (κ2) is 23.5. The van der Waals surface area contributed by atoms with Crippen molar-refractivity contribution in [3.8, 4) is 0 Å². The summed E-state index contributed by atoms with van der Waals surface area (Å²) in [5.74, 6) is -21.3. The zero-order chi connectivity index (χ0) is 66.4. The average molecular weight is 1330 g/mol. The number of carbonyl (C=O) groups is 7. The van der Waals surface area contributed by atoms with Crippen LogP contribution in [0.3, 0.4) is 0 Å². The van der Waals surface area contributed by atoms with Crippen molar-refractivity contribution < 1.29 is 124 Å². The van der Waals surface area contributed by atoms with Gasteiger partial charge in [0.1, 0.15) is 30.2 Å². The van der Waals surface area contributed by atoms with E-state index in [2.05, 4.69) is 0 Å². The number of ketones is 1. The third-order valence-corrected chi connectivity index (χ3v) is 24.8. The number of hydrogen-bond donors (Lipinski definition) is 1. The maximum atomic E-state index is 12.8. The standard InChI is InChI=1S/C14H20F2O3.C14H18F2O3.C14H20F2O2.C11H12F2O4.C10H12F2O5S/c1-12(15,16)11(17)19-8-13-3-9-2-10(4-13)6-14(18,5-9)7-13;1-13(15,16)12(18)19-7-14-4-8-2-9(5-14)11(17)10(3-8)6-14;1-13(15,16)12(17)18-8-14-5-9-2-10(6-14)4-11(3-9)7-14;1-11(12,13)10(15)17-7-4-2-5-6(3-4)9(14)16-8(5)7;1-10(11,12)9(13)16-7-4-2-5-6(3-4)18(14,15)17-8(5)7/h9-10,18H,2-8H2,1H3;8-10H,2-7H2,1H3;9-11H,2-8H2,1H3;4-8H,2-3H2,1H3;4-8H,2-3H2,1H3. The lowest BCUT2D eigenvalue weighted by Gasteiger charge is -2.59. The van der Waals surface area contributed by atoms with Gasteiger partial charge in [0.15, 0.2) is 0 Å². The molecule has 16 saturated carbocycles. The van der Waals surface area contributed by atoms with Crippen molar-refractivity contribution in [2.45, 2.75) is 234 Å². The van der Waals surface area contributed by atoms with Crippen molar-refractivity contribution >= 4 is 51.7 Å². The number of alkyl halides is 10. The van der Waals surface area contributed by atoms with E-state index < -0.39 is 105 Å². The van der Waals surface area contributed by atoms with Crippen molar-refractivity contribution in [2.24, 2.45) is 93.2 Å². The van der Waals surface area contributed by atoms with Crippen LogP contribution in [0.4, 0.5) is 43.9 Å². The first-order valence-corrected chi connectivity index (χ1v) is 33.6. The third-order valence-electron chi connectivity index (χ3n) is 23.1. The van der Waals surface area contributed by atoms with E-state index in [0.29, 0.717) is 96.7 Å². The average Bonchev–Trinajstić information content (AvgIpc) is 1.70. The van der Waals surface area contributed by atoms with Crippen LogP contribution in [0.5, 0.6) is 0 Å². The van der Waals surface area contributed by atoms with Crippen LogP contribution < -0.4 is 0 Å². The van der Waals surface area contributed by atoms with Crippen LogP contribution in [0.25, 0.3) is 0 Å². The van der Waals surface area contributed by atoms with Crippen LogP contribution in [-0.2, 0) is 76.3 Å². The van der Waals surface area contributed by atoms with E-state index in [1.807, 2.05) is 0 Å². The van der Waals surface area contributed by atoms with Crippen LogP contribution in [0.15, 0.2) is 0 Å². The molecule has 0 amide bonds. The molecule has 18 fully saturated rings. The van der Waals surface area contributed by atoms with E-state index in [1.54, 1.807) is 0 Å². The Morgan fingerprint density at radius 2 is 0.846 bits per heavy atom. The summed E-state index contributed by atoms with van der Waals surface area (Å²) in [7, 11) is -3.61. The number of rotatable bonds is 13. The summed E-state index contributed by atoms with van der Waals surface area (Å²) < 4.78 is 185. The number of aliphatic hydroxyl groups is 1. The maximum absolute atomic E-state index is 12.8. The number of esters is 6. The van der Waals surface area contributed by atoms with Gasteiger partial charge in [-0.2, -0.15) is 52.3 Å². The van der Waals surface area contributed by atoms with E-state index in [-0.39, 0.29) is 83.5 Å². The topological polar surface area (TPSA) is 238 Å². The van der Waals surface area contributed by atoms with Gasteiger partial charge in [0.25, 0.3) is 10.1 Å². The number of halogens is 10. The highest BCUT2D eigenvalue weighted by molar-refractivity contribution is 7.87. The molecule has 512 valence electrons. The summed E-state index contributed by atoms with van der Waals surface area (Å²) in [6.07, 6.45) is 15.9. The first-order chi connectivity index (χ1) is 41.9. The van der Waals surface area contributed by atoms with Crippen molar-refractivity contribution in [2.75, 3.05) is 19.8 Å². The molecule has 14 atom stereocenters. The predicted molar refractivity (Wildman–Crippen MR) is 293 cm³/mol. The van der Waals surface area contributed by atoms with Gasteiger partial charge in [-0.1, -0.05) is 0 Å². The van der Waals surface area contributed by atoms with E-state index in [4.69, 9.17) is 32.6 Å². The SMILES string of the molecule is CC(F)(F)C(=O)OC1C2CC3C(=O)OC1C3C2.CC(F)(F)C(=O)OC1C2CC3C1OS(=O)(=O)C3C2.CC(F)(F)C(=O)OCC12CC3CC(C1)C(=O)C(C3)C2.CC(F)(F)C(=O)OCC12CC3CC(CC(C3)C1)C2.CC(F)(F)C(=O)OCC12CC3CC(CC(O)(C3)C1)C2. The molecule has 18 aliphatic rings. The number of hydrogen-bond acceptors (Lipinski definition) is 17. The van der Waals surface area contributed by atoms with Gasteiger partial charge in [-0.05, 0) is 170 Å². The molecule has 2 saturated heterocycles. The Morgan fingerprint density at radius 3 is 1.29 bits per heavy atom. The van der Waals surface area contributed by atoms with Gasteiger partial charge in [-0.25, -0.2) is 24.0 Å². The fourth-order valence-electron chi connectivity index (χ4n) is 20.7. The zero-order valence-electron chi connectivity index (χ0n) is 51.5. The number of fused-ring (bicyclic) bond motifs is 2. The monoisotopic (exact) mass is 1330 g/mol. The Morgan fingerprint density at radius 1 is 0.473 bits per heavy atom. The molecular formula is C63H82F10O17S. The molecule has 18 rings (SSSR count). The highest BCUT2D eigenvalue weighted by Crippen LogP contribution is 2.64. The Balaban J connectivity index is 0.000000117. The quantitative estimate of drug-likeness (QED) is 0.0780. The van der Waals surface area contributed by atoms with E-state index in [0.717, 1.165) is 94.8 Å². The third kappa shape index (κ3) is 14.0. The lowest BCUT2D eigenvalue weighted by Crippen LogP contribution is -2.57. The molecule has 91 heavy (non-hydrogen) atoms. The summed E-state index contributed by atoms with van der Waals surface area (Å²) in [5, 5.41) is 9.95. The summed E-state index contributed by atoms with van der Waals surface area (Å²) in [4.78, 5) is 79.3. The minimum absolute atomic E-state index is 0.00671. The molecule has 28 heteroatoms. The Bertz CT molecular complexity index is 2920. The minimum atomic E-state index is -3.61. The zero-order valence-corrected chi connectivity index (χ0v) is 52.3. The van der Waals surface area contributed by atoms with Crippen LogP contribution in [0, 0.1) is 93.2 Å². The molecule has 0 spiro atoms. The van der Waals surface area contributed by atoms with Crippen LogP contribution in [0.1, 0.15) is 169 Å². The molecule has 0 aromatic rings. The fraction of sp³-hybridized carbons (Fsp3) is 0.889. The van der Waals surface area contributed by atoms with Gasteiger partial charge < -0.3 is 33.5 Å². The molecule has 0 radical (unpaired) electrons. The van der Waals surface area contributed by atoms with Gasteiger partial charge in [0.2, 0.25) is 0 Å². The highest BCUT2D eigenvalue weighted by atomic mass is 32.2. The van der Waals surface area contributed by atoms with Gasteiger partial charge in [0, 0.05) is 86.4 Å². The summed E-state index contributed by atoms with van der Waals surface area (Å²) in [6.45, 7) is 2.97. The number of carbonyl (C=O) groups excluding carboxylic acids is 7. The lowest BCUT2D eigenvalue weighted by molar-refractivity contribution is -0.197. The fourth-order valence-corrected chi connectivity index (χ4v) is 22.6. The molecule has 0 aromatic carbocycles. The summed E-state index contributed by atoms with van der Waals surface area (Å²) in [6, 6.07) is 0. The van der Waals surface area contributed by atoms with E-state index >= 15 is 0 Å². The molecule has 1 N–H and O–H groups in total. The molecule has 14 unspecified atom stereocenters. The summed E-state index contributed by atoms with van der Waals surface area (Å²) in [5.41, 5.74) is -1.11. The van der Waals surface area contributed by atoms with Gasteiger partial charge in [-0.3, -0.25) is 13.8 Å². The molecule has 2 aliphatic heterocycles. The molecular weight excluding hydrogens is 1250 g/mol. The highest BCUT2D eigenvalue weighted by Gasteiger charge is 2.67. The van der Waals surface area contributed by atoms with Crippen molar-refractivity contribution in [3.05, 3.63) is 0 Å². The first kappa shape index (κ1) is 68.1. The second-order valence-electron chi connectivity index (χ2n) is 31.1. The van der Waals surface area contributed by atoms with Crippen LogP contribution >= 0.6 is 0 Å². The van der Waals surface area contributed by atoms with Crippen molar-refractivity contribution in [1.82, 2.24) is 0 Å². The Labute approximate surface area is 521 Å². The van der Waals surface area contributed by atoms with Gasteiger partial charge in [-0.15, -0.1) is 0 Å². The van der Waals surface area contributed by atoms with Gasteiger partial charge >= 0.3 is 65.4 Å². The normalized spacial score (nSPS) is 42.8. The maximum Gasteiger partial charge on any atom is 0.377 e. The number of ether oxygens (including phenoxy) is 6. The smallest absolute Gasteiger partial charge is 0.377 e. The molecule has 0 aromatic heterocycles. The second-order valence-corrected chi connectivity index (χ2v) is 32.9. The molecule has 16 aliphatic carbocycles.